The van der Waals surface area contributed by atoms with E-state index < -0.39 is 0 Å². The molecule has 114 valence electrons. The summed E-state index contributed by atoms with van der Waals surface area (Å²) in [6, 6.07) is 7.14. The Morgan fingerprint density at radius 2 is 2.10 bits per heavy atom. The van der Waals surface area contributed by atoms with Gasteiger partial charge in [-0.1, -0.05) is 23.7 Å². The van der Waals surface area contributed by atoms with Gasteiger partial charge >= 0.3 is 0 Å². The highest BCUT2D eigenvalue weighted by Gasteiger charge is 2.15. The first-order valence-electron chi connectivity index (χ1n) is 6.82. The second-order valence-electron chi connectivity index (χ2n) is 4.82. The first kappa shape index (κ1) is 16.0. The molecule has 0 radical (unpaired) electrons. The van der Waals surface area contributed by atoms with Gasteiger partial charge in [0.15, 0.2) is 5.11 Å². The Labute approximate surface area is 134 Å². The third kappa shape index (κ3) is 5.87. The van der Waals surface area contributed by atoms with Gasteiger partial charge in [-0.05, 0) is 42.8 Å². The second kappa shape index (κ2) is 8.17. The van der Waals surface area contributed by atoms with Crippen LogP contribution in [0.1, 0.15) is 18.4 Å². The van der Waals surface area contributed by atoms with Gasteiger partial charge in [-0.3, -0.25) is 15.6 Å². The highest BCUT2D eigenvalue weighted by molar-refractivity contribution is 7.80. The van der Waals surface area contributed by atoms with Crippen LogP contribution in [0, 0.1) is 0 Å². The summed E-state index contributed by atoms with van der Waals surface area (Å²) in [6.07, 6.45) is 2.59. The Morgan fingerprint density at radius 1 is 1.33 bits per heavy atom. The van der Waals surface area contributed by atoms with Crippen molar-refractivity contribution in [2.24, 2.45) is 0 Å². The number of nitrogens with one attached hydrogen (secondary N) is 3. The molecule has 1 atom stereocenters. The second-order valence-corrected chi connectivity index (χ2v) is 5.67. The molecule has 0 saturated carbocycles. The monoisotopic (exact) mass is 327 g/mol. The maximum Gasteiger partial charge on any atom is 0.242 e. The highest BCUT2D eigenvalue weighted by atomic mass is 35.5. The van der Waals surface area contributed by atoms with E-state index in [0.29, 0.717) is 16.7 Å². The lowest BCUT2D eigenvalue weighted by atomic mass is 10.1. The van der Waals surface area contributed by atoms with Gasteiger partial charge in [0.05, 0.1) is 12.5 Å². The van der Waals surface area contributed by atoms with Gasteiger partial charge in [0.2, 0.25) is 5.91 Å². The van der Waals surface area contributed by atoms with Crippen molar-refractivity contribution in [3.05, 3.63) is 34.9 Å². The molecular formula is C14H18ClN3O2S. The van der Waals surface area contributed by atoms with Crippen LogP contribution in [0.4, 0.5) is 0 Å². The fourth-order valence-corrected chi connectivity index (χ4v) is 2.27. The lowest BCUT2D eigenvalue weighted by Gasteiger charge is -2.14. The zero-order valence-corrected chi connectivity index (χ0v) is 13.1. The average Bonchev–Trinajstić information content (AvgIpc) is 2.99. The molecule has 0 aliphatic carbocycles. The molecule has 1 aliphatic rings. The minimum Gasteiger partial charge on any atom is -0.376 e. The SMILES string of the molecule is O=C(Cc1ccc(Cl)cc1)NNC(=S)NC[C@@H]1CCCO1. The predicted molar refractivity (Wildman–Crippen MR) is 86.0 cm³/mol. The van der Waals surface area contributed by atoms with E-state index in [-0.39, 0.29) is 18.4 Å². The van der Waals surface area contributed by atoms with Gasteiger partial charge in [-0.15, -0.1) is 0 Å². The van der Waals surface area contributed by atoms with E-state index in [2.05, 4.69) is 16.2 Å². The van der Waals surface area contributed by atoms with Crippen LogP contribution in [-0.2, 0) is 16.0 Å². The van der Waals surface area contributed by atoms with Crippen LogP contribution in [0.5, 0.6) is 0 Å². The first-order chi connectivity index (χ1) is 10.1. The zero-order valence-electron chi connectivity index (χ0n) is 11.5. The number of rotatable bonds is 4. The number of ether oxygens (including phenoxy) is 1. The van der Waals surface area contributed by atoms with E-state index in [9.17, 15) is 4.79 Å². The van der Waals surface area contributed by atoms with E-state index in [0.717, 1.165) is 25.0 Å². The molecule has 0 bridgehead atoms. The molecule has 21 heavy (non-hydrogen) atoms. The van der Waals surface area contributed by atoms with E-state index in [1.807, 2.05) is 12.1 Å². The standard InChI is InChI=1S/C14H18ClN3O2S/c15-11-5-3-10(4-6-11)8-13(19)17-18-14(21)16-9-12-2-1-7-20-12/h3-6,12H,1-2,7-9H2,(H,17,19)(H2,16,18,21)/t12-/m0/s1. The number of thiocarbonyl (C=S) groups is 1. The normalized spacial score (nSPS) is 17.3. The minimum atomic E-state index is -0.168. The number of hydrazine groups is 1. The molecule has 0 aromatic heterocycles. The van der Waals surface area contributed by atoms with Gasteiger partial charge in [-0.25, -0.2) is 0 Å². The van der Waals surface area contributed by atoms with Crippen LogP contribution in [-0.4, -0.2) is 30.3 Å². The predicted octanol–water partition coefficient (Wildman–Crippen LogP) is 1.56. The molecule has 1 amide bonds. The summed E-state index contributed by atoms with van der Waals surface area (Å²) in [6.45, 7) is 1.46. The van der Waals surface area contributed by atoms with Crippen molar-refractivity contribution in [1.82, 2.24) is 16.2 Å². The third-order valence-electron chi connectivity index (χ3n) is 3.11. The molecule has 1 fully saturated rings. The Balaban J connectivity index is 1.63. The lowest BCUT2D eigenvalue weighted by molar-refractivity contribution is -0.121. The van der Waals surface area contributed by atoms with Gasteiger partial charge in [-0.2, -0.15) is 0 Å². The van der Waals surface area contributed by atoms with Crippen molar-refractivity contribution in [2.45, 2.75) is 25.4 Å². The number of hydrogen-bond donors (Lipinski definition) is 3. The van der Waals surface area contributed by atoms with Crippen molar-refractivity contribution in [2.75, 3.05) is 13.2 Å². The summed E-state index contributed by atoms with van der Waals surface area (Å²) >= 11 is 10.9. The minimum absolute atomic E-state index is 0.168. The number of carbonyl (C=O) groups excluding carboxylic acids is 1. The number of hydrogen-bond acceptors (Lipinski definition) is 3. The van der Waals surface area contributed by atoms with Crippen molar-refractivity contribution in [1.29, 1.82) is 0 Å². The summed E-state index contributed by atoms with van der Waals surface area (Å²) in [5.41, 5.74) is 6.12. The molecule has 1 saturated heterocycles. The molecule has 0 unspecified atom stereocenters. The van der Waals surface area contributed by atoms with Crippen LogP contribution >= 0.6 is 23.8 Å². The Kier molecular flexibility index (Phi) is 6.22. The van der Waals surface area contributed by atoms with Crippen LogP contribution in [0.3, 0.4) is 0 Å². The molecule has 0 spiro atoms. The van der Waals surface area contributed by atoms with Gasteiger partial charge in [0.25, 0.3) is 0 Å². The fourth-order valence-electron chi connectivity index (χ4n) is 2.01. The quantitative estimate of drug-likeness (QED) is 0.578. The number of halogens is 1. The summed E-state index contributed by atoms with van der Waals surface area (Å²) in [5.74, 6) is -0.168. The molecule has 5 nitrogen and oxygen atoms in total. The van der Waals surface area contributed by atoms with Gasteiger partial charge in [0, 0.05) is 18.2 Å². The van der Waals surface area contributed by atoms with Crippen LogP contribution in [0.2, 0.25) is 5.02 Å². The van der Waals surface area contributed by atoms with Gasteiger partial charge in [0.1, 0.15) is 0 Å². The first-order valence-corrected chi connectivity index (χ1v) is 7.61. The van der Waals surface area contributed by atoms with Crippen molar-refractivity contribution >= 4 is 34.8 Å². The average molecular weight is 328 g/mol. The van der Waals surface area contributed by atoms with E-state index in [1.54, 1.807) is 12.1 Å². The smallest absolute Gasteiger partial charge is 0.242 e. The van der Waals surface area contributed by atoms with E-state index >= 15 is 0 Å². The van der Waals surface area contributed by atoms with Crippen molar-refractivity contribution in [3.63, 3.8) is 0 Å². The summed E-state index contributed by atoms with van der Waals surface area (Å²) in [4.78, 5) is 11.7. The van der Waals surface area contributed by atoms with Gasteiger partial charge < -0.3 is 10.1 Å². The van der Waals surface area contributed by atoms with E-state index in [1.165, 1.54) is 0 Å². The van der Waals surface area contributed by atoms with Crippen LogP contribution < -0.4 is 16.2 Å². The lowest BCUT2D eigenvalue weighted by Crippen LogP contribution is -2.48. The Hall–Kier alpha value is -1.37. The molecule has 3 N–H and O–H groups in total. The van der Waals surface area contributed by atoms with Crippen molar-refractivity contribution < 1.29 is 9.53 Å². The Morgan fingerprint density at radius 3 is 2.76 bits per heavy atom. The summed E-state index contributed by atoms with van der Waals surface area (Å²) in [5, 5.41) is 4.05. The fraction of sp³-hybridized carbons (Fsp3) is 0.429. The van der Waals surface area contributed by atoms with E-state index in [4.69, 9.17) is 28.6 Å². The summed E-state index contributed by atoms with van der Waals surface area (Å²) < 4.78 is 5.47. The number of amides is 1. The topological polar surface area (TPSA) is 62.4 Å². The highest BCUT2D eigenvalue weighted by Crippen LogP contribution is 2.10. The molecule has 1 heterocycles. The molecule has 1 aromatic rings. The number of benzene rings is 1. The third-order valence-corrected chi connectivity index (χ3v) is 3.61. The van der Waals surface area contributed by atoms with Crippen LogP contribution in [0.15, 0.2) is 24.3 Å². The largest absolute Gasteiger partial charge is 0.376 e. The maximum absolute atomic E-state index is 11.7. The number of carbonyl (C=O) groups is 1. The maximum atomic E-state index is 11.7. The molecule has 2 rings (SSSR count). The van der Waals surface area contributed by atoms with Crippen molar-refractivity contribution in [3.8, 4) is 0 Å². The van der Waals surface area contributed by atoms with Crippen LogP contribution in [0.25, 0.3) is 0 Å². The molecular weight excluding hydrogens is 310 g/mol. The Bertz CT molecular complexity index is 489. The zero-order chi connectivity index (χ0) is 15.1. The molecule has 7 heteroatoms. The molecule has 1 aliphatic heterocycles. The summed E-state index contributed by atoms with van der Waals surface area (Å²) in [7, 11) is 0. The molecule has 1 aromatic carbocycles.